The maximum absolute atomic E-state index is 11.5. The van der Waals surface area contributed by atoms with Crippen LogP contribution >= 0.6 is 0 Å². The van der Waals surface area contributed by atoms with Crippen LogP contribution in [0, 0.1) is 5.92 Å². The van der Waals surface area contributed by atoms with Gasteiger partial charge in [0.15, 0.2) is 0 Å². The number of nitrogens with zero attached hydrogens (tertiary/aromatic N) is 4. The van der Waals surface area contributed by atoms with Crippen molar-refractivity contribution in [1.29, 1.82) is 0 Å². The fourth-order valence-corrected chi connectivity index (χ4v) is 3.65. The predicted octanol–water partition coefficient (Wildman–Crippen LogP) is 1.78. The van der Waals surface area contributed by atoms with Crippen LogP contribution in [0.15, 0.2) is 35.3 Å². The molecule has 3 heterocycles. The Hall–Kier alpha value is -1.64. The van der Waals surface area contributed by atoms with Gasteiger partial charge in [-0.25, -0.2) is 13.4 Å². The monoisotopic (exact) mass is 366 g/mol. The number of hydrogen-bond donors (Lipinski definition) is 0. The van der Waals surface area contributed by atoms with Gasteiger partial charge < -0.3 is 8.98 Å². The van der Waals surface area contributed by atoms with E-state index in [0.717, 1.165) is 31.9 Å². The van der Waals surface area contributed by atoms with Crippen molar-refractivity contribution in [1.82, 2.24) is 18.8 Å². The van der Waals surface area contributed by atoms with E-state index in [-0.39, 0.29) is 6.54 Å². The molecule has 0 N–H and O–H groups in total. The Morgan fingerprint density at radius 2 is 2.16 bits per heavy atom. The van der Waals surface area contributed by atoms with Crippen molar-refractivity contribution in [3.8, 4) is 0 Å². The van der Waals surface area contributed by atoms with Crippen LogP contribution in [-0.2, 0) is 29.7 Å². The molecule has 1 unspecified atom stereocenters. The number of furan rings is 1. The third-order valence-electron chi connectivity index (χ3n) is 4.67. The summed E-state index contributed by atoms with van der Waals surface area (Å²) in [6.45, 7) is 4.14. The van der Waals surface area contributed by atoms with Crippen LogP contribution in [0.4, 0.5) is 0 Å². The largest absolute Gasteiger partial charge is 0.463 e. The molecule has 2 aromatic rings. The summed E-state index contributed by atoms with van der Waals surface area (Å²) in [5.41, 5.74) is 0. The summed E-state index contributed by atoms with van der Waals surface area (Å²) in [4.78, 5) is 6.52. The van der Waals surface area contributed by atoms with Gasteiger partial charge in [-0.05, 0) is 37.4 Å². The number of aromatic nitrogens is 2. The standard InChI is InChI=1S/C17H26N4O3S/c1-19(25(2,22)23)12-16-5-6-17(24-16)13-20-8-3-4-15(10-20)11-21-9-7-18-14-21/h5-7,9,14-15H,3-4,8,10-13H2,1-2H3. The molecule has 0 aliphatic carbocycles. The lowest BCUT2D eigenvalue weighted by atomic mass is 9.98. The maximum atomic E-state index is 11.5. The summed E-state index contributed by atoms with van der Waals surface area (Å²) < 4.78 is 32.2. The molecule has 1 fully saturated rings. The molecular weight excluding hydrogens is 340 g/mol. The first-order valence-electron chi connectivity index (χ1n) is 8.57. The van der Waals surface area contributed by atoms with Crippen molar-refractivity contribution in [2.24, 2.45) is 5.92 Å². The Morgan fingerprint density at radius 3 is 2.88 bits per heavy atom. The van der Waals surface area contributed by atoms with E-state index in [2.05, 4.69) is 14.5 Å². The first-order chi connectivity index (χ1) is 11.9. The van der Waals surface area contributed by atoms with Crippen LogP contribution in [0.2, 0.25) is 0 Å². The van der Waals surface area contributed by atoms with Crippen molar-refractivity contribution < 1.29 is 12.8 Å². The Labute approximate surface area is 149 Å². The molecule has 3 rings (SSSR count). The van der Waals surface area contributed by atoms with E-state index >= 15 is 0 Å². The molecule has 0 aromatic carbocycles. The zero-order chi connectivity index (χ0) is 17.9. The molecule has 0 amide bonds. The third-order valence-corrected chi connectivity index (χ3v) is 5.93. The molecule has 8 heteroatoms. The lowest BCUT2D eigenvalue weighted by Crippen LogP contribution is -2.36. The predicted molar refractivity (Wildman–Crippen MR) is 95.2 cm³/mol. The van der Waals surface area contributed by atoms with Gasteiger partial charge in [-0.3, -0.25) is 4.90 Å². The molecule has 0 bridgehead atoms. The molecule has 138 valence electrons. The van der Waals surface area contributed by atoms with E-state index in [1.165, 1.54) is 23.4 Å². The fraction of sp³-hybridized carbons (Fsp3) is 0.588. The van der Waals surface area contributed by atoms with Crippen molar-refractivity contribution in [3.05, 3.63) is 42.4 Å². The highest BCUT2D eigenvalue weighted by molar-refractivity contribution is 7.88. The summed E-state index contributed by atoms with van der Waals surface area (Å²) >= 11 is 0. The van der Waals surface area contributed by atoms with Gasteiger partial charge in [-0.1, -0.05) is 0 Å². The van der Waals surface area contributed by atoms with E-state index in [9.17, 15) is 8.42 Å². The lowest BCUT2D eigenvalue weighted by molar-refractivity contribution is 0.145. The quantitative estimate of drug-likeness (QED) is 0.747. The molecule has 1 aliphatic rings. The van der Waals surface area contributed by atoms with Gasteiger partial charge in [-0.2, -0.15) is 4.31 Å². The maximum Gasteiger partial charge on any atom is 0.211 e. The first-order valence-corrected chi connectivity index (χ1v) is 10.4. The number of imidazole rings is 1. The van der Waals surface area contributed by atoms with Gasteiger partial charge in [0.25, 0.3) is 0 Å². The minimum Gasteiger partial charge on any atom is -0.463 e. The molecule has 2 aromatic heterocycles. The van der Waals surface area contributed by atoms with E-state index in [1.807, 2.05) is 30.9 Å². The van der Waals surface area contributed by atoms with Gasteiger partial charge >= 0.3 is 0 Å². The first kappa shape index (κ1) is 18.2. The topological polar surface area (TPSA) is 71.6 Å². The lowest BCUT2D eigenvalue weighted by Gasteiger charge is -2.32. The minimum absolute atomic E-state index is 0.266. The number of piperidine rings is 1. The molecule has 7 nitrogen and oxygen atoms in total. The summed E-state index contributed by atoms with van der Waals surface area (Å²) in [5, 5.41) is 0. The Bertz CT molecular complexity index is 770. The summed E-state index contributed by atoms with van der Waals surface area (Å²) in [5.74, 6) is 2.18. The second-order valence-corrected chi connectivity index (χ2v) is 8.98. The highest BCUT2D eigenvalue weighted by Gasteiger charge is 2.21. The zero-order valence-corrected chi connectivity index (χ0v) is 15.7. The Kier molecular flexibility index (Phi) is 5.61. The van der Waals surface area contributed by atoms with Crippen LogP contribution in [-0.4, -0.2) is 53.6 Å². The number of rotatable bonds is 7. The van der Waals surface area contributed by atoms with Gasteiger partial charge in [0.2, 0.25) is 10.0 Å². The van der Waals surface area contributed by atoms with Gasteiger partial charge in [0.1, 0.15) is 11.5 Å². The molecule has 25 heavy (non-hydrogen) atoms. The molecule has 0 spiro atoms. The van der Waals surface area contributed by atoms with Crippen LogP contribution in [0.1, 0.15) is 24.4 Å². The van der Waals surface area contributed by atoms with E-state index in [0.29, 0.717) is 11.7 Å². The summed E-state index contributed by atoms with van der Waals surface area (Å²) in [7, 11) is -1.64. The van der Waals surface area contributed by atoms with E-state index < -0.39 is 10.0 Å². The Balaban J connectivity index is 1.53. The van der Waals surface area contributed by atoms with Gasteiger partial charge in [0.05, 0.1) is 25.7 Å². The van der Waals surface area contributed by atoms with Crippen LogP contribution in [0.5, 0.6) is 0 Å². The SMILES string of the molecule is CN(Cc1ccc(CN2CCCC(Cn3ccnc3)C2)o1)S(C)(=O)=O. The fourth-order valence-electron chi connectivity index (χ4n) is 3.29. The minimum atomic E-state index is -3.20. The molecule has 0 radical (unpaired) electrons. The molecule has 1 atom stereocenters. The normalized spacial score (nSPS) is 19.6. The third kappa shape index (κ3) is 5.17. The molecular formula is C17H26N4O3S. The molecule has 1 aliphatic heterocycles. The number of hydrogen-bond acceptors (Lipinski definition) is 5. The molecule has 1 saturated heterocycles. The average Bonchev–Trinajstić information content (AvgIpc) is 3.19. The summed E-state index contributed by atoms with van der Waals surface area (Å²) in [6.07, 6.45) is 9.32. The van der Waals surface area contributed by atoms with Gasteiger partial charge in [-0.15, -0.1) is 0 Å². The average molecular weight is 366 g/mol. The van der Waals surface area contributed by atoms with Crippen molar-refractivity contribution in [2.75, 3.05) is 26.4 Å². The second kappa shape index (κ2) is 7.72. The Morgan fingerprint density at radius 1 is 1.36 bits per heavy atom. The van der Waals surface area contributed by atoms with Crippen LogP contribution in [0.25, 0.3) is 0 Å². The van der Waals surface area contributed by atoms with Crippen molar-refractivity contribution in [3.63, 3.8) is 0 Å². The highest BCUT2D eigenvalue weighted by Crippen LogP contribution is 2.21. The molecule has 0 saturated carbocycles. The summed E-state index contributed by atoms with van der Waals surface area (Å²) in [6, 6.07) is 3.81. The van der Waals surface area contributed by atoms with Crippen LogP contribution in [0.3, 0.4) is 0 Å². The highest BCUT2D eigenvalue weighted by atomic mass is 32.2. The van der Waals surface area contributed by atoms with E-state index in [1.54, 1.807) is 7.05 Å². The van der Waals surface area contributed by atoms with Gasteiger partial charge in [0, 0.05) is 32.5 Å². The van der Waals surface area contributed by atoms with Crippen molar-refractivity contribution in [2.45, 2.75) is 32.5 Å². The number of sulfonamides is 1. The van der Waals surface area contributed by atoms with Crippen LogP contribution < -0.4 is 0 Å². The zero-order valence-electron chi connectivity index (χ0n) is 14.8. The van der Waals surface area contributed by atoms with Crippen molar-refractivity contribution >= 4 is 10.0 Å². The second-order valence-electron chi connectivity index (χ2n) is 6.89. The number of likely N-dealkylation sites (tertiary alicyclic amines) is 1. The van der Waals surface area contributed by atoms with E-state index in [4.69, 9.17) is 4.42 Å². The smallest absolute Gasteiger partial charge is 0.211 e.